The van der Waals surface area contributed by atoms with Gasteiger partial charge >= 0.3 is 5.97 Å². The maximum Gasteiger partial charge on any atom is 0.345 e. The van der Waals surface area contributed by atoms with Gasteiger partial charge in [-0.05, 0) is 55.0 Å². The molecule has 0 bridgehead atoms. The summed E-state index contributed by atoms with van der Waals surface area (Å²) in [6.07, 6.45) is 1.66. The Morgan fingerprint density at radius 1 is 1.03 bits per heavy atom. The van der Waals surface area contributed by atoms with Gasteiger partial charge in [-0.1, -0.05) is 35.9 Å². The second kappa shape index (κ2) is 8.43. The Hall–Kier alpha value is -3.57. The summed E-state index contributed by atoms with van der Waals surface area (Å²) in [5.41, 5.74) is 1.47. The molecular weight excluding hydrogens is 404 g/mol. The average molecular weight is 421 g/mol. The van der Waals surface area contributed by atoms with Gasteiger partial charge in [-0.2, -0.15) is 0 Å². The van der Waals surface area contributed by atoms with E-state index in [1.54, 1.807) is 42.5 Å². The van der Waals surface area contributed by atoms with Crippen LogP contribution in [0.3, 0.4) is 0 Å². The molecule has 0 atom stereocenters. The number of Topliss-reactive ketones (excluding diaryl/α,β-unsaturated/α-hetero) is 1. The molecule has 30 heavy (non-hydrogen) atoms. The lowest BCUT2D eigenvalue weighted by Crippen LogP contribution is -2.09. The summed E-state index contributed by atoms with van der Waals surface area (Å²) in [6, 6.07) is 18.6. The van der Waals surface area contributed by atoms with Crippen LogP contribution in [0.5, 0.6) is 17.2 Å². The fourth-order valence-electron chi connectivity index (χ4n) is 3.00. The van der Waals surface area contributed by atoms with Gasteiger partial charge in [0.2, 0.25) is 5.78 Å². The van der Waals surface area contributed by atoms with Crippen molar-refractivity contribution < 1.29 is 23.8 Å². The molecule has 150 valence electrons. The Labute approximate surface area is 178 Å². The lowest BCUT2D eigenvalue weighted by molar-refractivity contribution is 0.0734. The highest BCUT2D eigenvalue weighted by Crippen LogP contribution is 2.35. The standard InChI is InChI=1S/C24H17ClO5/c1-2-28-16-9-7-15(8-10-16)13-22-23(26)19-12-11-17(14-21(19)30-22)29-24(27)18-5-3-4-6-20(18)25/h3-14H,2H2,1H3. The number of ether oxygens (including phenoxy) is 3. The minimum Gasteiger partial charge on any atom is -0.494 e. The number of benzene rings is 3. The third kappa shape index (κ3) is 4.07. The molecule has 1 aliphatic heterocycles. The van der Waals surface area contributed by atoms with E-state index in [1.807, 2.05) is 31.2 Å². The maximum absolute atomic E-state index is 12.6. The second-order valence-electron chi connectivity index (χ2n) is 6.47. The van der Waals surface area contributed by atoms with Crippen molar-refractivity contribution in [2.24, 2.45) is 0 Å². The van der Waals surface area contributed by atoms with E-state index in [0.717, 1.165) is 11.3 Å². The van der Waals surface area contributed by atoms with Gasteiger partial charge in [-0.15, -0.1) is 0 Å². The topological polar surface area (TPSA) is 61.8 Å². The van der Waals surface area contributed by atoms with Crippen molar-refractivity contribution in [3.63, 3.8) is 0 Å². The van der Waals surface area contributed by atoms with Crippen molar-refractivity contribution in [2.45, 2.75) is 6.92 Å². The Morgan fingerprint density at radius 2 is 1.77 bits per heavy atom. The number of rotatable bonds is 5. The highest BCUT2D eigenvalue weighted by atomic mass is 35.5. The third-order valence-corrected chi connectivity index (χ3v) is 4.76. The zero-order chi connectivity index (χ0) is 21.1. The van der Waals surface area contributed by atoms with Gasteiger partial charge in [-0.3, -0.25) is 4.79 Å². The van der Waals surface area contributed by atoms with Crippen LogP contribution in [0.25, 0.3) is 6.08 Å². The van der Waals surface area contributed by atoms with Crippen molar-refractivity contribution >= 4 is 29.4 Å². The molecule has 0 spiro atoms. The summed E-state index contributed by atoms with van der Waals surface area (Å²) in [5.74, 6) is 0.726. The number of esters is 1. The fourth-order valence-corrected chi connectivity index (χ4v) is 3.21. The van der Waals surface area contributed by atoms with E-state index < -0.39 is 5.97 Å². The second-order valence-corrected chi connectivity index (χ2v) is 6.88. The van der Waals surface area contributed by atoms with Crippen LogP contribution in [-0.2, 0) is 0 Å². The lowest BCUT2D eigenvalue weighted by atomic mass is 10.1. The number of hydrogen-bond acceptors (Lipinski definition) is 5. The van der Waals surface area contributed by atoms with Crippen LogP contribution in [0.1, 0.15) is 33.2 Å². The Kier molecular flexibility index (Phi) is 5.55. The van der Waals surface area contributed by atoms with E-state index in [1.165, 1.54) is 6.07 Å². The first-order valence-electron chi connectivity index (χ1n) is 9.33. The smallest absolute Gasteiger partial charge is 0.345 e. The summed E-state index contributed by atoms with van der Waals surface area (Å²) in [5, 5.41) is 0.302. The quantitative estimate of drug-likeness (QED) is 0.306. The molecule has 0 radical (unpaired) electrons. The molecule has 1 aliphatic rings. The predicted molar refractivity (Wildman–Crippen MR) is 113 cm³/mol. The van der Waals surface area contributed by atoms with Crippen molar-refractivity contribution in [1.82, 2.24) is 0 Å². The number of fused-ring (bicyclic) bond motifs is 1. The molecule has 0 unspecified atom stereocenters. The fraction of sp³-hybridized carbons (Fsp3) is 0.0833. The first-order valence-corrected chi connectivity index (χ1v) is 9.71. The van der Waals surface area contributed by atoms with Crippen LogP contribution >= 0.6 is 11.6 Å². The molecule has 0 aromatic heterocycles. The van der Waals surface area contributed by atoms with Crippen molar-refractivity contribution in [1.29, 1.82) is 0 Å². The minimum atomic E-state index is -0.588. The molecule has 6 heteroatoms. The summed E-state index contributed by atoms with van der Waals surface area (Å²) in [7, 11) is 0. The minimum absolute atomic E-state index is 0.198. The van der Waals surface area contributed by atoms with Crippen molar-refractivity contribution in [3.8, 4) is 17.2 Å². The number of carbonyl (C=O) groups excluding carboxylic acids is 2. The number of carbonyl (C=O) groups is 2. The van der Waals surface area contributed by atoms with Crippen LogP contribution < -0.4 is 14.2 Å². The molecule has 0 amide bonds. The Morgan fingerprint density at radius 3 is 2.50 bits per heavy atom. The van der Waals surface area contributed by atoms with E-state index in [9.17, 15) is 9.59 Å². The van der Waals surface area contributed by atoms with E-state index in [4.69, 9.17) is 25.8 Å². The summed E-state index contributed by atoms with van der Waals surface area (Å²) < 4.78 is 16.5. The maximum atomic E-state index is 12.6. The van der Waals surface area contributed by atoms with Gasteiger partial charge in [0.25, 0.3) is 0 Å². The first kappa shape index (κ1) is 19.7. The van der Waals surface area contributed by atoms with Gasteiger partial charge < -0.3 is 14.2 Å². The number of allylic oxidation sites excluding steroid dienone is 1. The molecular formula is C24H17ClO5. The monoisotopic (exact) mass is 420 g/mol. The average Bonchev–Trinajstić information content (AvgIpc) is 3.04. The molecule has 3 aromatic carbocycles. The lowest BCUT2D eigenvalue weighted by Gasteiger charge is -2.06. The highest BCUT2D eigenvalue weighted by molar-refractivity contribution is 6.33. The highest BCUT2D eigenvalue weighted by Gasteiger charge is 2.28. The van der Waals surface area contributed by atoms with E-state index in [2.05, 4.69) is 0 Å². The molecule has 0 aliphatic carbocycles. The summed E-state index contributed by atoms with van der Waals surface area (Å²) in [6.45, 7) is 2.50. The van der Waals surface area contributed by atoms with E-state index in [-0.39, 0.29) is 22.9 Å². The summed E-state index contributed by atoms with van der Waals surface area (Å²) in [4.78, 5) is 25.0. The largest absolute Gasteiger partial charge is 0.494 e. The third-order valence-electron chi connectivity index (χ3n) is 4.43. The van der Waals surface area contributed by atoms with Crippen LogP contribution in [0.15, 0.2) is 72.5 Å². The van der Waals surface area contributed by atoms with Gasteiger partial charge in [0, 0.05) is 6.07 Å². The molecule has 3 aromatic rings. The molecule has 0 fully saturated rings. The van der Waals surface area contributed by atoms with Gasteiger partial charge in [-0.25, -0.2) is 4.79 Å². The molecule has 0 saturated heterocycles. The SMILES string of the molecule is CCOc1ccc(C=C2Oc3cc(OC(=O)c4ccccc4Cl)ccc3C2=O)cc1. The van der Waals surface area contributed by atoms with Gasteiger partial charge in [0.15, 0.2) is 5.76 Å². The number of hydrogen-bond donors (Lipinski definition) is 0. The first-order chi connectivity index (χ1) is 14.5. The zero-order valence-corrected chi connectivity index (χ0v) is 16.8. The Bertz CT molecular complexity index is 1150. The van der Waals surface area contributed by atoms with Crippen molar-refractivity contribution in [2.75, 3.05) is 6.61 Å². The molecule has 1 heterocycles. The molecule has 0 saturated carbocycles. The predicted octanol–water partition coefficient (Wildman–Crippen LogP) is 5.57. The van der Waals surface area contributed by atoms with Crippen molar-refractivity contribution in [3.05, 3.63) is 94.2 Å². The van der Waals surface area contributed by atoms with Crippen LogP contribution in [0, 0.1) is 0 Å². The number of halogens is 1. The van der Waals surface area contributed by atoms with Crippen LogP contribution in [0.2, 0.25) is 5.02 Å². The zero-order valence-electron chi connectivity index (χ0n) is 16.1. The van der Waals surface area contributed by atoms with E-state index in [0.29, 0.717) is 22.9 Å². The van der Waals surface area contributed by atoms with Gasteiger partial charge in [0.05, 0.1) is 22.8 Å². The van der Waals surface area contributed by atoms with E-state index >= 15 is 0 Å². The molecule has 0 N–H and O–H groups in total. The summed E-state index contributed by atoms with van der Waals surface area (Å²) >= 11 is 6.04. The van der Waals surface area contributed by atoms with Gasteiger partial charge in [0.1, 0.15) is 17.2 Å². The van der Waals surface area contributed by atoms with Crippen LogP contribution in [0.4, 0.5) is 0 Å². The Balaban J connectivity index is 1.52. The number of ketones is 1. The molecule has 4 rings (SSSR count). The van der Waals surface area contributed by atoms with Crippen LogP contribution in [-0.4, -0.2) is 18.4 Å². The normalized spacial score (nSPS) is 13.7. The molecule has 5 nitrogen and oxygen atoms in total.